The fourth-order valence-electron chi connectivity index (χ4n) is 5.59. The minimum atomic E-state index is -0.970. The van der Waals surface area contributed by atoms with Gasteiger partial charge < -0.3 is 30.3 Å². The van der Waals surface area contributed by atoms with Gasteiger partial charge in [0.25, 0.3) is 5.91 Å². The van der Waals surface area contributed by atoms with Gasteiger partial charge in [0.1, 0.15) is 5.75 Å². The van der Waals surface area contributed by atoms with Crippen molar-refractivity contribution in [3.8, 4) is 5.75 Å². The van der Waals surface area contributed by atoms with Gasteiger partial charge in [-0.15, -0.1) is 0 Å². The number of ether oxygens (including phenoxy) is 1. The molecular weight excluding hydrogens is 572 g/mol. The van der Waals surface area contributed by atoms with Crippen LogP contribution in [0.15, 0.2) is 78.9 Å². The Hall–Kier alpha value is -4.86. The maximum atomic E-state index is 13.6. The molecule has 3 N–H and O–H groups in total. The van der Waals surface area contributed by atoms with Crippen LogP contribution in [0, 0.1) is 5.92 Å². The first-order valence-electron chi connectivity index (χ1n) is 15.5. The van der Waals surface area contributed by atoms with Gasteiger partial charge >= 0.3 is 12.0 Å². The van der Waals surface area contributed by atoms with Gasteiger partial charge in [-0.05, 0) is 60.7 Å². The predicted octanol–water partition coefficient (Wildman–Crippen LogP) is 5.87. The molecule has 1 aliphatic carbocycles. The number of carboxylic acid groups (broad SMARTS) is 1. The van der Waals surface area contributed by atoms with Crippen molar-refractivity contribution in [1.29, 1.82) is 0 Å². The zero-order valence-corrected chi connectivity index (χ0v) is 25.7. The van der Waals surface area contributed by atoms with Crippen LogP contribution >= 0.6 is 0 Å². The molecule has 0 aromatic heterocycles. The van der Waals surface area contributed by atoms with Crippen molar-refractivity contribution in [3.05, 3.63) is 84.4 Å². The number of para-hydroxylation sites is 3. The predicted molar refractivity (Wildman–Crippen MR) is 175 cm³/mol. The monoisotopic (exact) mass is 614 g/mol. The Kier molecular flexibility index (Phi) is 12.4. The first-order chi connectivity index (χ1) is 21.8. The van der Waals surface area contributed by atoms with Crippen LogP contribution in [0.5, 0.6) is 5.75 Å². The van der Waals surface area contributed by atoms with Crippen LogP contribution in [0.2, 0.25) is 0 Å². The number of carbonyl (C=O) groups is 4. The second-order valence-electron chi connectivity index (χ2n) is 11.3. The molecule has 0 unspecified atom stereocenters. The molecule has 10 nitrogen and oxygen atoms in total. The molecule has 4 amide bonds. The molecule has 0 aliphatic heterocycles. The van der Waals surface area contributed by atoms with E-state index < -0.39 is 12.0 Å². The fourth-order valence-corrected chi connectivity index (χ4v) is 5.59. The van der Waals surface area contributed by atoms with Crippen LogP contribution in [-0.2, 0) is 20.8 Å². The van der Waals surface area contributed by atoms with Crippen molar-refractivity contribution in [2.45, 2.75) is 51.4 Å². The van der Waals surface area contributed by atoms with E-state index in [1.807, 2.05) is 36.4 Å². The minimum absolute atomic E-state index is 0.166. The fraction of sp³-hybridized carbons (Fsp3) is 0.371. The third-order valence-electron chi connectivity index (χ3n) is 7.99. The molecule has 1 fully saturated rings. The van der Waals surface area contributed by atoms with E-state index in [9.17, 15) is 19.2 Å². The number of amides is 4. The highest BCUT2D eigenvalue weighted by molar-refractivity contribution is 5.99. The van der Waals surface area contributed by atoms with E-state index in [2.05, 4.69) is 10.6 Å². The summed E-state index contributed by atoms with van der Waals surface area (Å²) in [5, 5.41) is 14.3. The average molecular weight is 615 g/mol. The zero-order valence-electron chi connectivity index (χ0n) is 25.7. The van der Waals surface area contributed by atoms with Crippen LogP contribution in [0.1, 0.15) is 50.5 Å². The number of nitrogens with zero attached hydrogens (tertiary/aromatic N) is 2. The van der Waals surface area contributed by atoms with Crippen molar-refractivity contribution in [2.24, 2.45) is 5.92 Å². The molecule has 4 rings (SSSR count). The molecule has 1 saturated carbocycles. The highest BCUT2D eigenvalue weighted by Crippen LogP contribution is 2.31. The number of carbonyl (C=O) groups excluding carboxylic acids is 3. The number of nitrogens with one attached hydrogen (secondary N) is 2. The van der Waals surface area contributed by atoms with Crippen molar-refractivity contribution in [3.63, 3.8) is 0 Å². The lowest BCUT2D eigenvalue weighted by Crippen LogP contribution is -2.42. The van der Waals surface area contributed by atoms with E-state index in [1.54, 1.807) is 54.4 Å². The molecule has 0 heterocycles. The van der Waals surface area contributed by atoms with E-state index in [4.69, 9.17) is 9.84 Å². The first-order valence-corrected chi connectivity index (χ1v) is 15.5. The van der Waals surface area contributed by atoms with Gasteiger partial charge in [-0.3, -0.25) is 14.4 Å². The molecule has 3 aromatic rings. The van der Waals surface area contributed by atoms with Gasteiger partial charge in [-0.25, -0.2) is 4.79 Å². The number of hydrogen-bond donors (Lipinski definition) is 3. The Bertz CT molecular complexity index is 1440. The lowest BCUT2D eigenvalue weighted by atomic mass is 9.86. The van der Waals surface area contributed by atoms with E-state index in [0.29, 0.717) is 35.2 Å². The number of urea groups is 1. The Balaban J connectivity index is 1.42. The Labute approximate surface area is 264 Å². The molecular formula is C35H42N4O6. The smallest absolute Gasteiger partial charge is 0.319 e. The first kappa shape index (κ1) is 33.0. The van der Waals surface area contributed by atoms with Crippen LogP contribution in [0.4, 0.5) is 21.9 Å². The van der Waals surface area contributed by atoms with Crippen LogP contribution < -0.4 is 25.2 Å². The molecule has 238 valence electrons. The second-order valence-corrected chi connectivity index (χ2v) is 11.3. The summed E-state index contributed by atoms with van der Waals surface area (Å²) >= 11 is 0. The maximum Gasteiger partial charge on any atom is 0.319 e. The largest absolute Gasteiger partial charge is 0.482 e. The molecule has 10 heteroatoms. The summed E-state index contributed by atoms with van der Waals surface area (Å²) in [5.74, 6) is -0.482. The van der Waals surface area contributed by atoms with Gasteiger partial charge in [0.15, 0.2) is 6.61 Å². The van der Waals surface area contributed by atoms with Crippen molar-refractivity contribution >= 4 is 40.9 Å². The van der Waals surface area contributed by atoms with Crippen LogP contribution in [-0.4, -0.2) is 55.7 Å². The Morgan fingerprint density at radius 3 is 2.38 bits per heavy atom. The quantitative estimate of drug-likeness (QED) is 0.208. The van der Waals surface area contributed by atoms with Gasteiger partial charge in [0.2, 0.25) is 5.91 Å². The summed E-state index contributed by atoms with van der Waals surface area (Å²) in [6.07, 6.45) is 7.82. The normalized spacial score (nSPS) is 13.0. The lowest BCUT2D eigenvalue weighted by molar-refractivity contribution is -0.136. The maximum absolute atomic E-state index is 13.6. The standard InChI is InChI=1S/C35H42N4O6/c1-38(29-17-6-3-7-18-29)33(41)25-45-31-20-9-8-19-30(31)39(21-11-15-26-12-4-2-5-13-26)32(40)24-36-35(44)37-28-16-10-14-27(22-28)23-34(42)43/h3,6-10,14,16-20,22,26H,2,4-5,11-13,15,21,23-25H2,1H3,(H,42,43)(H2,36,37,44). The number of likely N-dealkylation sites (N-methyl/N-ethyl adjacent to an activating group) is 1. The van der Waals surface area contributed by atoms with E-state index in [0.717, 1.165) is 18.5 Å². The van der Waals surface area contributed by atoms with Gasteiger partial charge in [0.05, 0.1) is 18.7 Å². The highest BCUT2D eigenvalue weighted by Gasteiger charge is 2.22. The average Bonchev–Trinajstić information content (AvgIpc) is 3.05. The number of aliphatic carboxylic acids is 1. The van der Waals surface area contributed by atoms with Gasteiger partial charge in [-0.1, -0.05) is 74.6 Å². The van der Waals surface area contributed by atoms with Crippen LogP contribution in [0.3, 0.4) is 0 Å². The topological polar surface area (TPSA) is 128 Å². The Morgan fingerprint density at radius 2 is 1.62 bits per heavy atom. The molecule has 0 bridgehead atoms. The SMILES string of the molecule is CN(C(=O)COc1ccccc1N(CCCC1CCCCC1)C(=O)CNC(=O)Nc1cccc(CC(=O)O)c1)c1ccccc1. The van der Waals surface area contributed by atoms with E-state index >= 15 is 0 Å². The zero-order chi connectivity index (χ0) is 32.0. The molecule has 0 spiro atoms. The molecule has 3 aromatic carbocycles. The summed E-state index contributed by atoms with van der Waals surface area (Å²) in [7, 11) is 1.69. The molecule has 0 radical (unpaired) electrons. The summed E-state index contributed by atoms with van der Waals surface area (Å²) in [6.45, 7) is -0.0453. The number of carboxylic acids is 1. The molecule has 0 atom stereocenters. The highest BCUT2D eigenvalue weighted by atomic mass is 16.5. The van der Waals surface area contributed by atoms with Crippen LogP contribution in [0.25, 0.3) is 0 Å². The second kappa shape index (κ2) is 16.8. The summed E-state index contributed by atoms with van der Waals surface area (Å²) in [6, 6.07) is 22.4. The third-order valence-corrected chi connectivity index (χ3v) is 7.99. The molecule has 45 heavy (non-hydrogen) atoms. The van der Waals surface area contributed by atoms with Crippen molar-refractivity contribution in [2.75, 3.05) is 41.9 Å². The number of rotatable bonds is 14. The minimum Gasteiger partial charge on any atom is -0.482 e. The number of hydrogen-bond acceptors (Lipinski definition) is 5. The van der Waals surface area contributed by atoms with E-state index in [1.165, 1.54) is 37.0 Å². The lowest BCUT2D eigenvalue weighted by Gasteiger charge is -2.27. The number of anilines is 3. The van der Waals surface area contributed by atoms with Crippen molar-refractivity contribution < 1.29 is 29.0 Å². The Morgan fingerprint density at radius 1 is 0.889 bits per heavy atom. The summed E-state index contributed by atoms with van der Waals surface area (Å²) in [5.41, 5.74) is 2.25. The van der Waals surface area contributed by atoms with Crippen molar-refractivity contribution in [1.82, 2.24) is 5.32 Å². The summed E-state index contributed by atoms with van der Waals surface area (Å²) < 4.78 is 5.99. The van der Waals surface area contributed by atoms with Gasteiger partial charge in [0, 0.05) is 25.0 Å². The molecule has 1 aliphatic rings. The van der Waals surface area contributed by atoms with E-state index in [-0.39, 0.29) is 31.4 Å². The number of benzene rings is 3. The van der Waals surface area contributed by atoms with Gasteiger partial charge in [-0.2, -0.15) is 0 Å². The third kappa shape index (κ3) is 10.4. The summed E-state index contributed by atoms with van der Waals surface area (Å²) in [4.78, 5) is 53.4. The molecule has 0 saturated heterocycles.